The Morgan fingerprint density at radius 3 is 3.19 bits per heavy atom. The highest BCUT2D eigenvalue weighted by Gasteiger charge is 2.30. The zero-order valence-electron chi connectivity index (χ0n) is 8.77. The quantitative estimate of drug-likeness (QED) is 0.756. The molecule has 16 heavy (non-hydrogen) atoms. The van der Waals surface area contributed by atoms with Crippen LogP contribution in [0.2, 0.25) is 0 Å². The van der Waals surface area contributed by atoms with Gasteiger partial charge in [0.1, 0.15) is 0 Å². The summed E-state index contributed by atoms with van der Waals surface area (Å²) in [6.07, 6.45) is 2.92. The van der Waals surface area contributed by atoms with Gasteiger partial charge in [-0.2, -0.15) is 4.39 Å². The second-order valence-electron chi connectivity index (χ2n) is 3.82. The van der Waals surface area contributed by atoms with E-state index in [2.05, 4.69) is 4.98 Å². The van der Waals surface area contributed by atoms with E-state index >= 15 is 0 Å². The van der Waals surface area contributed by atoms with Gasteiger partial charge in [-0.15, -0.1) is 0 Å². The summed E-state index contributed by atoms with van der Waals surface area (Å²) in [5, 5.41) is 9.10. The summed E-state index contributed by atoms with van der Waals surface area (Å²) < 4.78 is 13.3. The lowest BCUT2D eigenvalue weighted by atomic mass is 10.2. The smallest absolute Gasteiger partial charge is 0.258 e. The standard InChI is InChI=1S/C11H13FN2O2/c12-10-9(4-1-5-13-10)11(16)14-6-2-3-8(14)7-15/h1,4-5,8,15H,2-3,6-7H2/t8-/m1/s1. The van der Waals surface area contributed by atoms with Crippen LogP contribution in [0.1, 0.15) is 23.2 Å². The summed E-state index contributed by atoms with van der Waals surface area (Å²) in [6, 6.07) is 2.75. The zero-order valence-corrected chi connectivity index (χ0v) is 8.77. The van der Waals surface area contributed by atoms with Crippen LogP contribution in [-0.4, -0.2) is 40.1 Å². The van der Waals surface area contributed by atoms with Gasteiger partial charge in [0, 0.05) is 12.7 Å². The van der Waals surface area contributed by atoms with Crippen molar-refractivity contribution in [2.75, 3.05) is 13.2 Å². The summed E-state index contributed by atoms with van der Waals surface area (Å²) in [4.78, 5) is 16.9. The third-order valence-electron chi connectivity index (χ3n) is 2.84. The van der Waals surface area contributed by atoms with Crippen molar-refractivity contribution in [2.45, 2.75) is 18.9 Å². The molecule has 2 rings (SSSR count). The molecule has 1 fully saturated rings. The fourth-order valence-electron chi connectivity index (χ4n) is 1.99. The molecule has 5 heteroatoms. The largest absolute Gasteiger partial charge is 0.394 e. The minimum atomic E-state index is -0.754. The first-order chi connectivity index (χ1) is 7.74. The average molecular weight is 224 g/mol. The molecular formula is C11H13FN2O2. The molecule has 1 aromatic heterocycles. The Bertz CT molecular complexity index is 397. The highest BCUT2D eigenvalue weighted by molar-refractivity contribution is 5.94. The lowest BCUT2D eigenvalue weighted by molar-refractivity contribution is 0.0672. The Morgan fingerprint density at radius 2 is 2.50 bits per heavy atom. The van der Waals surface area contributed by atoms with E-state index in [9.17, 15) is 9.18 Å². The van der Waals surface area contributed by atoms with Gasteiger partial charge in [-0.25, -0.2) is 4.98 Å². The molecule has 0 radical (unpaired) electrons. The first kappa shape index (κ1) is 11.0. The van der Waals surface area contributed by atoms with E-state index < -0.39 is 5.95 Å². The van der Waals surface area contributed by atoms with Crippen molar-refractivity contribution in [3.8, 4) is 0 Å². The molecule has 1 saturated heterocycles. The van der Waals surface area contributed by atoms with Crippen LogP contribution in [0.4, 0.5) is 4.39 Å². The molecule has 1 aliphatic rings. The van der Waals surface area contributed by atoms with Gasteiger partial charge >= 0.3 is 0 Å². The van der Waals surface area contributed by atoms with Gasteiger partial charge in [0.2, 0.25) is 5.95 Å². The molecule has 2 heterocycles. The first-order valence-corrected chi connectivity index (χ1v) is 5.26. The molecule has 0 unspecified atom stereocenters. The number of halogens is 1. The number of amides is 1. The van der Waals surface area contributed by atoms with Gasteiger partial charge in [0.25, 0.3) is 5.91 Å². The number of pyridine rings is 1. The molecule has 1 N–H and O–H groups in total. The Balaban J connectivity index is 2.22. The van der Waals surface area contributed by atoms with E-state index in [1.54, 1.807) is 0 Å². The Morgan fingerprint density at radius 1 is 1.69 bits per heavy atom. The molecular weight excluding hydrogens is 211 g/mol. The molecule has 1 amide bonds. The highest BCUT2D eigenvalue weighted by atomic mass is 19.1. The predicted octanol–water partition coefficient (Wildman–Crippen LogP) is 0.818. The molecule has 1 aromatic rings. The fraction of sp³-hybridized carbons (Fsp3) is 0.455. The monoisotopic (exact) mass is 224 g/mol. The van der Waals surface area contributed by atoms with Gasteiger partial charge < -0.3 is 10.0 Å². The van der Waals surface area contributed by atoms with Gasteiger partial charge in [0.05, 0.1) is 18.2 Å². The second-order valence-corrected chi connectivity index (χ2v) is 3.82. The molecule has 0 aliphatic carbocycles. The molecule has 1 atom stereocenters. The van der Waals surface area contributed by atoms with E-state index in [1.165, 1.54) is 23.2 Å². The van der Waals surface area contributed by atoms with Crippen LogP contribution in [0, 0.1) is 5.95 Å². The number of aliphatic hydroxyl groups excluding tert-OH is 1. The number of carbonyl (C=O) groups is 1. The third kappa shape index (κ3) is 1.90. The summed E-state index contributed by atoms with van der Waals surface area (Å²) in [6.45, 7) is 0.492. The van der Waals surface area contributed by atoms with Crippen LogP contribution >= 0.6 is 0 Å². The maximum Gasteiger partial charge on any atom is 0.258 e. The average Bonchev–Trinajstić information content (AvgIpc) is 2.77. The molecule has 0 saturated carbocycles. The van der Waals surface area contributed by atoms with Gasteiger partial charge in [-0.1, -0.05) is 0 Å². The molecule has 0 spiro atoms. The summed E-state index contributed by atoms with van der Waals surface area (Å²) in [7, 11) is 0. The number of nitrogens with zero attached hydrogens (tertiary/aromatic N) is 2. The number of hydrogen-bond donors (Lipinski definition) is 1. The van der Waals surface area contributed by atoms with Gasteiger partial charge in [0.15, 0.2) is 0 Å². The normalized spacial score (nSPS) is 20.1. The molecule has 0 bridgehead atoms. The third-order valence-corrected chi connectivity index (χ3v) is 2.84. The first-order valence-electron chi connectivity index (χ1n) is 5.26. The predicted molar refractivity (Wildman–Crippen MR) is 55.3 cm³/mol. The SMILES string of the molecule is O=C(c1cccnc1F)N1CCC[C@@H]1CO. The minimum absolute atomic E-state index is 0.0251. The van der Waals surface area contributed by atoms with Crippen molar-refractivity contribution >= 4 is 5.91 Å². The van der Waals surface area contributed by atoms with E-state index in [4.69, 9.17) is 5.11 Å². The second kappa shape index (κ2) is 4.57. The minimum Gasteiger partial charge on any atom is -0.394 e. The van der Waals surface area contributed by atoms with Crippen molar-refractivity contribution in [3.63, 3.8) is 0 Å². The maximum atomic E-state index is 13.3. The highest BCUT2D eigenvalue weighted by Crippen LogP contribution is 2.20. The number of likely N-dealkylation sites (tertiary alicyclic amines) is 1. The van der Waals surface area contributed by atoms with Crippen molar-refractivity contribution in [3.05, 3.63) is 29.8 Å². The maximum absolute atomic E-state index is 13.3. The summed E-state index contributed by atoms with van der Waals surface area (Å²) in [5.74, 6) is -1.14. The van der Waals surface area contributed by atoms with E-state index in [0.717, 1.165) is 12.8 Å². The number of aliphatic hydroxyl groups is 1. The van der Waals surface area contributed by atoms with Crippen molar-refractivity contribution in [1.82, 2.24) is 9.88 Å². The van der Waals surface area contributed by atoms with E-state index in [1.807, 2.05) is 0 Å². The number of aromatic nitrogens is 1. The number of carbonyl (C=O) groups excluding carboxylic acids is 1. The lowest BCUT2D eigenvalue weighted by Gasteiger charge is -2.22. The van der Waals surface area contributed by atoms with Crippen LogP contribution in [-0.2, 0) is 0 Å². The molecule has 86 valence electrons. The van der Waals surface area contributed by atoms with Crippen LogP contribution < -0.4 is 0 Å². The van der Waals surface area contributed by atoms with Crippen molar-refractivity contribution in [1.29, 1.82) is 0 Å². The fourth-order valence-corrected chi connectivity index (χ4v) is 1.99. The Labute approximate surface area is 92.7 Å². The van der Waals surface area contributed by atoms with E-state index in [-0.39, 0.29) is 24.1 Å². The van der Waals surface area contributed by atoms with Crippen molar-refractivity contribution in [2.24, 2.45) is 0 Å². The lowest BCUT2D eigenvalue weighted by Crippen LogP contribution is -2.38. The van der Waals surface area contributed by atoms with Crippen molar-refractivity contribution < 1.29 is 14.3 Å². The van der Waals surface area contributed by atoms with E-state index in [0.29, 0.717) is 6.54 Å². The van der Waals surface area contributed by atoms with Gasteiger partial charge in [-0.05, 0) is 25.0 Å². The molecule has 0 aromatic carbocycles. The summed E-state index contributed by atoms with van der Waals surface area (Å²) in [5.41, 5.74) is -0.0251. The van der Waals surface area contributed by atoms with Crippen LogP contribution in [0.25, 0.3) is 0 Å². The number of hydrogen-bond acceptors (Lipinski definition) is 3. The van der Waals surface area contributed by atoms with Crippen LogP contribution in [0.5, 0.6) is 0 Å². The number of rotatable bonds is 2. The molecule has 1 aliphatic heterocycles. The summed E-state index contributed by atoms with van der Waals surface area (Å²) >= 11 is 0. The van der Waals surface area contributed by atoms with Crippen LogP contribution in [0.3, 0.4) is 0 Å². The van der Waals surface area contributed by atoms with Crippen LogP contribution in [0.15, 0.2) is 18.3 Å². The topological polar surface area (TPSA) is 53.4 Å². The Hall–Kier alpha value is -1.49. The Kier molecular flexibility index (Phi) is 3.14. The molecule has 4 nitrogen and oxygen atoms in total. The zero-order chi connectivity index (χ0) is 11.5. The van der Waals surface area contributed by atoms with Gasteiger partial charge in [-0.3, -0.25) is 4.79 Å².